The van der Waals surface area contributed by atoms with Crippen molar-refractivity contribution in [1.82, 2.24) is 0 Å². The summed E-state index contributed by atoms with van der Waals surface area (Å²) in [4.78, 5) is 0. The molecular weight excluding hydrogens is 400 g/mol. The Bertz CT molecular complexity index is 2310. The molecule has 1 heterocycles. The first-order valence-corrected chi connectivity index (χ1v) is 10.4. The zero-order valence-corrected chi connectivity index (χ0v) is 17.1. The lowest BCUT2D eigenvalue weighted by Gasteiger charge is -2.18. The largest absolute Gasteiger partial charge is 0.456 e. The van der Waals surface area contributed by atoms with Crippen molar-refractivity contribution in [2.24, 2.45) is 0 Å². The average Bonchev–Trinajstić information content (AvgIpc) is 3.42. The Labute approximate surface area is 207 Å². The van der Waals surface area contributed by atoms with Crippen LogP contribution in [-0.4, -0.2) is 0 Å². The van der Waals surface area contributed by atoms with Crippen LogP contribution in [0.2, 0.25) is 0 Å². The van der Waals surface area contributed by atoms with Gasteiger partial charge < -0.3 is 4.42 Å². The molecule has 1 aromatic heterocycles. The Balaban J connectivity index is 1.93. The summed E-state index contributed by atoms with van der Waals surface area (Å²) in [6, 6.07) is 10.2. The fraction of sp³-hybridized carbons (Fsp3) is 0. The minimum absolute atomic E-state index is 0.0107. The van der Waals surface area contributed by atoms with Crippen LogP contribution in [0.4, 0.5) is 0 Å². The molecule has 1 nitrogen and oxygen atoms in total. The van der Waals surface area contributed by atoms with E-state index in [0.29, 0.717) is 16.5 Å². The molecule has 0 N–H and O–H groups in total. The van der Waals surface area contributed by atoms with Gasteiger partial charge in [-0.1, -0.05) is 109 Å². The summed E-state index contributed by atoms with van der Waals surface area (Å²) in [6.07, 6.45) is 0. The lowest BCUT2D eigenvalue weighted by Crippen LogP contribution is -1.91. The van der Waals surface area contributed by atoms with Crippen LogP contribution in [0.5, 0.6) is 0 Å². The fourth-order valence-electron chi connectivity index (χ4n) is 4.55. The SMILES string of the molecule is [2H]c1c([2H])c(-c2c3c([2H])c([2H])c([2H])c([2H])c3c(-c3ccccc3)c3c([2H])c([2H])c([2H])c([2H])c23)c2c(oc3ccccc32)c1[2H]. The quantitative estimate of drug-likeness (QED) is 0.249. The predicted molar refractivity (Wildman–Crippen MR) is 140 cm³/mol. The third kappa shape index (κ3) is 2.66. The summed E-state index contributed by atoms with van der Waals surface area (Å²) in [7, 11) is 0. The van der Waals surface area contributed by atoms with E-state index >= 15 is 0 Å². The molecule has 0 aliphatic rings. The van der Waals surface area contributed by atoms with Gasteiger partial charge in [-0.15, -0.1) is 0 Å². The fourth-order valence-corrected chi connectivity index (χ4v) is 4.55. The van der Waals surface area contributed by atoms with Crippen molar-refractivity contribution in [2.75, 3.05) is 0 Å². The maximum Gasteiger partial charge on any atom is 0.136 e. The molecule has 0 aliphatic heterocycles. The molecule has 0 bridgehead atoms. The van der Waals surface area contributed by atoms with Gasteiger partial charge in [0, 0.05) is 10.8 Å². The number of hydrogen-bond donors (Lipinski definition) is 0. The van der Waals surface area contributed by atoms with Gasteiger partial charge in [-0.2, -0.15) is 0 Å². The van der Waals surface area contributed by atoms with Crippen molar-refractivity contribution in [3.8, 4) is 22.3 Å². The van der Waals surface area contributed by atoms with Gasteiger partial charge in [0.25, 0.3) is 0 Å². The van der Waals surface area contributed by atoms with Crippen molar-refractivity contribution < 1.29 is 19.5 Å². The van der Waals surface area contributed by atoms with E-state index in [1.54, 1.807) is 54.6 Å². The van der Waals surface area contributed by atoms with Crippen LogP contribution < -0.4 is 0 Å². The lowest BCUT2D eigenvalue weighted by molar-refractivity contribution is 0.669. The van der Waals surface area contributed by atoms with Gasteiger partial charge in [-0.25, -0.2) is 0 Å². The van der Waals surface area contributed by atoms with Crippen molar-refractivity contribution in [3.63, 3.8) is 0 Å². The molecule has 0 aliphatic carbocycles. The minimum atomic E-state index is -0.564. The number of benzene rings is 6. The second kappa shape index (κ2) is 7.08. The maximum atomic E-state index is 9.14. The van der Waals surface area contributed by atoms with Crippen LogP contribution in [0.25, 0.3) is 65.7 Å². The first-order valence-electron chi connectivity index (χ1n) is 15.9. The van der Waals surface area contributed by atoms with Crippen molar-refractivity contribution in [2.45, 2.75) is 0 Å². The Hall–Kier alpha value is -4.36. The number of hydrogen-bond acceptors (Lipinski definition) is 1. The second-order valence-electron chi connectivity index (χ2n) is 7.67. The summed E-state index contributed by atoms with van der Waals surface area (Å²) < 4.78 is 103. The number of rotatable bonds is 2. The van der Waals surface area contributed by atoms with Crippen molar-refractivity contribution in [1.29, 1.82) is 0 Å². The topological polar surface area (TPSA) is 13.1 Å². The highest BCUT2D eigenvalue weighted by Crippen LogP contribution is 2.46. The van der Waals surface area contributed by atoms with Gasteiger partial charge in [0.05, 0.1) is 15.1 Å². The molecule has 154 valence electrons. The van der Waals surface area contributed by atoms with Crippen molar-refractivity contribution in [3.05, 3.63) is 121 Å². The highest BCUT2D eigenvalue weighted by atomic mass is 16.3. The summed E-state index contributed by atoms with van der Waals surface area (Å²) in [5.41, 5.74) is 0.940. The van der Waals surface area contributed by atoms with Gasteiger partial charge in [0.1, 0.15) is 11.2 Å². The van der Waals surface area contributed by atoms with Crippen LogP contribution in [0.3, 0.4) is 0 Å². The Kier molecular flexibility index (Phi) is 2.25. The zero-order valence-electron chi connectivity index (χ0n) is 28.1. The van der Waals surface area contributed by atoms with Gasteiger partial charge in [0.2, 0.25) is 0 Å². The molecule has 0 atom stereocenters. The highest BCUT2D eigenvalue weighted by molar-refractivity contribution is 6.25. The molecule has 0 saturated heterocycles. The van der Waals surface area contributed by atoms with E-state index in [0.717, 1.165) is 0 Å². The van der Waals surface area contributed by atoms with E-state index in [1.807, 2.05) is 0 Å². The van der Waals surface area contributed by atoms with E-state index in [1.165, 1.54) is 0 Å². The van der Waals surface area contributed by atoms with Crippen LogP contribution >= 0.6 is 0 Å². The monoisotopic (exact) mass is 431 g/mol. The van der Waals surface area contributed by atoms with E-state index in [4.69, 9.17) is 19.5 Å². The van der Waals surface area contributed by atoms with Crippen LogP contribution in [0.15, 0.2) is 125 Å². The zero-order chi connectivity index (χ0) is 31.4. The Morgan fingerprint density at radius 2 is 1.09 bits per heavy atom. The molecule has 0 fully saturated rings. The van der Waals surface area contributed by atoms with E-state index in [9.17, 15) is 0 Å². The van der Waals surface area contributed by atoms with Gasteiger partial charge in [-0.05, 0) is 55.9 Å². The molecule has 1 heteroatoms. The molecule has 6 aromatic carbocycles. The predicted octanol–water partition coefficient (Wildman–Crippen LogP) is 9.23. The third-order valence-electron chi connectivity index (χ3n) is 5.90. The lowest BCUT2D eigenvalue weighted by atomic mass is 9.85. The molecule has 0 saturated carbocycles. The van der Waals surface area contributed by atoms with E-state index in [2.05, 4.69) is 0 Å². The summed E-state index contributed by atoms with van der Waals surface area (Å²) in [6.45, 7) is 0. The molecule has 33 heavy (non-hydrogen) atoms. The number of furan rings is 1. The average molecular weight is 432 g/mol. The smallest absolute Gasteiger partial charge is 0.136 e. The third-order valence-corrected chi connectivity index (χ3v) is 5.90. The normalized spacial score (nSPS) is 16.3. The Morgan fingerprint density at radius 1 is 0.485 bits per heavy atom. The van der Waals surface area contributed by atoms with Gasteiger partial charge >= 0.3 is 0 Å². The number of fused-ring (bicyclic) bond motifs is 5. The van der Waals surface area contributed by atoms with E-state index in [-0.39, 0.29) is 55.2 Å². The van der Waals surface area contributed by atoms with Crippen molar-refractivity contribution >= 4 is 43.5 Å². The highest BCUT2D eigenvalue weighted by Gasteiger charge is 2.19. The molecule has 7 rings (SSSR count). The molecule has 7 aromatic rings. The van der Waals surface area contributed by atoms with Crippen LogP contribution in [0.1, 0.15) is 15.1 Å². The molecule has 0 unspecified atom stereocenters. The molecule has 0 spiro atoms. The Morgan fingerprint density at radius 3 is 1.79 bits per heavy atom. The van der Waals surface area contributed by atoms with E-state index < -0.39 is 60.4 Å². The van der Waals surface area contributed by atoms with Crippen LogP contribution in [-0.2, 0) is 0 Å². The first kappa shape index (κ1) is 10.5. The molecular formula is C32H20O. The van der Waals surface area contributed by atoms with Crippen LogP contribution in [0, 0.1) is 0 Å². The second-order valence-corrected chi connectivity index (χ2v) is 7.67. The standard InChI is InChI=1S/C32H20O/c1-2-11-21(12-3-1)30-22-13-4-6-15-24(22)31(25-16-7-5-14-23(25)30)27-18-10-20-29-32(27)26-17-8-9-19-28(26)33-29/h1-20H/i4D,5D,6D,7D,10D,13D,14D,15D,16D,18D,20D. The summed E-state index contributed by atoms with van der Waals surface area (Å²) in [5.74, 6) is 0. The molecule has 0 amide bonds. The number of para-hydroxylation sites is 1. The molecule has 0 radical (unpaired) electrons. The first-order chi connectivity index (χ1) is 21.0. The maximum absolute atomic E-state index is 9.14. The van der Waals surface area contributed by atoms with Gasteiger partial charge in [0.15, 0.2) is 0 Å². The minimum Gasteiger partial charge on any atom is -0.456 e. The summed E-state index contributed by atoms with van der Waals surface area (Å²) >= 11 is 0. The summed E-state index contributed by atoms with van der Waals surface area (Å²) in [5, 5.41) is 0.610. The van der Waals surface area contributed by atoms with Gasteiger partial charge in [-0.3, -0.25) is 0 Å².